The highest BCUT2D eigenvalue weighted by Gasteiger charge is 2.22. The molecule has 3 rings (SSSR count). The number of hydrogen-bond acceptors (Lipinski definition) is 3. The van der Waals surface area contributed by atoms with Crippen LogP contribution in [0.25, 0.3) is 10.9 Å². The highest BCUT2D eigenvalue weighted by atomic mass is 16.5. The van der Waals surface area contributed by atoms with Crippen LogP contribution in [0.4, 0.5) is 0 Å². The number of amides is 1. The molecule has 1 atom stereocenters. The minimum atomic E-state index is -0.679. The van der Waals surface area contributed by atoms with E-state index in [1.807, 2.05) is 71.4 Å². The van der Waals surface area contributed by atoms with Gasteiger partial charge in [-0.15, -0.1) is 0 Å². The quantitative estimate of drug-likeness (QED) is 0.624. The molecule has 0 saturated heterocycles. The van der Waals surface area contributed by atoms with Crippen molar-refractivity contribution < 1.29 is 14.3 Å². The molecular weight excluding hydrogens is 340 g/mol. The number of carbonyl (C=O) groups is 2. The molecule has 0 spiro atoms. The van der Waals surface area contributed by atoms with Crippen LogP contribution in [0.15, 0.2) is 66.9 Å². The maximum Gasteiger partial charge on any atom is 0.328 e. The molecule has 3 aromatic rings. The van der Waals surface area contributed by atoms with E-state index in [9.17, 15) is 9.59 Å². The Morgan fingerprint density at radius 1 is 1.04 bits per heavy atom. The highest BCUT2D eigenvalue weighted by molar-refractivity contribution is 5.85. The molecule has 1 heterocycles. The lowest BCUT2D eigenvalue weighted by Gasteiger charge is -2.17. The van der Waals surface area contributed by atoms with Gasteiger partial charge in [0.1, 0.15) is 6.04 Å². The minimum Gasteiger partial charge on any atom is -0.464 e. The summed E-state index contributed by atoms with van der Waals surface area (Å²) in [5, 5.41) is 3.98. The molecular formula is C22H24N2O3. The van der Waals surface area contributed by atoms with Crippen molar-refractivity contribution in [3.8, 4) is 0 Å². The Labute approximate surface area is 158 Å². The van der Waals surface area contributed by atoms with Crippen LogP contribution in [0.3, 0.4) is 0 Å². The third-order valence-corrected chi connectivity index (χ3v) is 4.45. The van der Waals surface area contributed by atoms with Crippen molar-refractivity contribution in [1.82, 2.24) is 9.88 Å². The SMILES string of the molecule is CCOC(=O)C(Cc1ccccc1)NC(=O)CCn1ccc2ccccc21. The molecule has 1 N–H and O–H groups in total. The Hall–Kier alpha value is -3.08. The molecule has 1 amide bonds. The molecule has 140 valence electrons. The normalized spacial score (nSPS) is 11.9. The van der Waals surface area contributed by atoms with Gasteiger partial charge < -0.3 is 14.6 Å². The average molecular weight is 364 g/mol. The predicted molar refractivity (Wildman–Crippen MR) is 105 cm³/mol. The number of para-hydroxylation sites is 1. The van der Waals surface area contributed by atoms with Crippen molar-refractivity contribution in [3.63, 3.8) is 0 Å². The Morgan fingerprint density at radius 3 is 2.56 bits per heavy atom. The van der Waals surface area contributed by atoms with Gasteiger partial charge in [-0.1, -0.05) is 48.5 Å². The number of nitrogens with zero attached hydrogens (tertiary/aromatic N) is 1. The lowest BCUT2D eigenvalue weighted by atomic mass is 10.1. The first kappa shape index (κ1) is 18.7. The van der Waals surface area contributed by atoms with Crippen molar-refractivity contribution in [2.45, 2.75) is 32.4 Å². The zero-order valence-electron chi connectivity index (χ0n) is 15.4. The fourth-order valence-electron chi connectivity index (χ4n) is 3.11. The predicted octanol–water partition coefficient (Wildman–Crippen LogP) is 3.32. The number of fused-ring (bicyclic) bond motifs is 1. The van der Waals surface area contributed by atoms with Crippen molar-refractivity contribution in [3.05, 3.63) is 72.4 Å². The van der Waals surface area contributed by atoms with Crippen molar-refractivity contribution in [2.24, 2.45) is 0 Å². The number of aryl methyl sites for hydroxylation is 1. The Kier molecular flexibility index (Phi) is 6.26. The first-order valence-corrected chi connectivity index (χ1v) is 9.21. The number of hydrogen-bond donors (Lipinski definition) is 1. The van der Waals surface area contributed by atoms with Gasteiger partial charge in [-0.05, 0) is 30.0 Å². The molecule has 0 saturated carbocycles. The van der Waals surface area contributed by atoms with Gasteiger partial charge in [0.05, 0.1) is 6.61 Å². The monoisotopic (exact) mass is 364 g/mol. The number of aromatic nitrogens is 1. The molecule has 1 unspecified atom stereocenters. The maximum atomic E-state index is 12.5. The average Bonchev–Trinajstić information content (AvgIpc) is 3.10. The van der Waals surface area contributed by atoms with Gasteiger partial charge in [0.2, 0.25) is 5.91 Å². The van der Waals surface area contributed by atoms with Crippen LogP contribution in [-0.2, 0) is 27.3 Å². The molecule has 27 heavy (non-hydrogen) atoms. The number of esters is 1. The molecule has 2 aromatic carbocycles. The molecule has 5 nitrogen and oxygen atoms in total. The van der Waals surface area contributed by atoms with Crippen LogP contribution in [-0.4, -0.2) is 29.1 Å². The minimum absolute atomic E-state index is 0.165. The lowest BCUT2D eigenvalue weighted by Crippen LogP contribution is -2.43. The van der Waals surface area contributed by atoms with Gasteiger partial charge >= 0.3 is 5.97 Å². The number of carbonyl (C=O) groups excluding carboxylic acids is 2. The third-order valence-electron chi connectivity index (χ3n) is 4.45. The molecule has 0 aliphatic carbocycles. The van der Waals surface area contributed by atoms with E-state index in [-0.39, 0.29) is 12.5 Å². The number of ether oxygens (including phenoxy) is 1. The second-order valence-corrected chi connectivity index (χ2v) is 6.38. The summed E-state index contributed by atoms with van der Waals surface area (Å²) in [4.78, 5) is 24.7. The van der Waals surface area contributed by atoms with E-state index in [0.29, 0.717) is 19.4 Å². The summed E-state index contributed by atoms with van der Waals surface area (Å²) in [6, 6.07) is 19.0. The Morgan fingerprint density at radius 2 is 1.78 bits per heavy atom. The van der Waals surface area contributed by atoms with Crippen molar-refractivity contribution in [2.75, 3.05) is 6.61 Å². The fourth-order valence-corrected chi connectivity index (χ4v) is 3.11. The Balaban J connectivity index is 1.62. The first-order chi connectivity index (χ1) is 13.2. The largest absolute Gasteiger partial charge is 0.464 e. The summed E-state index contributed by atoms with van der Waals surface area (Å²) in [6.45, 7) is 2.60. The lowest BCUT2D eigenvalue weighted by molar-refractivity contribution is -0.147. The van der Waals surface area contributed by atoms with Gasteiger partial charge in [-0.25, -0.2) is 4.79 Å². The zero-order valence-corrected chi connectivity index (χ0v) is 15.4. The zero-order chi connectivity index (χ0) is 19.1. The van der Waals surface area contributed by atoms with E-state index in [2.05, 4.69) is 5.32 Å². The maximum absolute atomic E-state index is 12.5. The van der Waals surface area contributed by atoms with Gasteiger partial charge in [0.15, 0.2) is 0 Å². The Bertz CT molecular complexity index is 902. The van der Waals surface area contributed by atoms with Crippen molar-refractivity contribution in [1.29, 1.82) is 0 Å². The third kappa shape index (κ3) is 4.97. The summed E-state index contributed by atoms with van der Waals surface area (Å²) in [5.74, 6) is -0.567. The topological polar surface area (TPSA) is 60.3 Å². The van der Waals surface area contributed by atoms with E-state index < -0.39 is 12.0 Å². The summed E-state index contributed by atoms with van der Waals surface area (Å²) < 4.78 is 7.17. The van der Waals surface area contributed by atoms with E-state index in [1.165, 1.54) is 0 Å². The fraction of sp³-hybridized carbons (Fsp3) is 0.273. The number of benzene rings is 2. The molecule has 5 heteroatoms. The van der Waals surface area contributed by atoms with Gasteiger partial charge in [-0.2, -0.15) is 0 Å². The second-order valence-electron chi connectivity index (χ2n) is 6.38. The highest BCUT2D eigenvalue weighted by Crippen LogP contribution is 2.15. The van der Waals surface area contributed by atoms with Crippen LogP contribution in [0.2, 0.25) is 0 Å². The van der Waals surface area contributed by atoms with Crippen LogP contribution in [0, 0.1) is 0 Å². The summed E-state index contributed by atoms with van der Waals surface area (Å²) in [7, 11) is 0. The van der Waals surface area contributed by atoms with E-state index >= 15 is 0 Å². The standard InChI is InChI=1S/C22H24N2O3/c1-2-27-22(26)19(16-17-8-4-3-5-9-17)23-21(25)13-15-24-14-12-18-10-6-7-11-20(18)24/h3-12,14,19H,2,13,15-16H2,1H3,(H,23,25). The van der Waals surface area contributed by atoms with Gasteiger partial charge in [0.25, 0.3) is 0 Å². The summed E-state index contributed by atoms with van der Waals surface area (Å²) >= 11 is 0. The molecule has 0 bridgehead atoms. The van der Waals surface area contributed by atoms with Crippen molar-refractivity contribution >= 4 is 22.8 Å². The smallest absolute Gasteiger partial charge is 0.328 e. The molecule has 0 radical (unpaired) electrons. The van der Waals surface area contributed by atoms with Crippen LogP contribution >= 0.6 is 0 Å². The van der Waals surface area contributed by atoms with Gasteiger partial charge in [0, 0.05) is 31.1 Å². The van der Waals surface area contributed by atoms with Crippen LogP contribution in [0.5, 0.6) is 0 Å². The van der Waals surface area contributed by atoms with Crippen LogP contribution in [0.1, 0.15) is 18.9 Å². The number of rotatable bonds is 8. The van der Waals surface area contributed by atoms with E-state index in [1.54, 1.807) is 6.92 Å². The van der Waals surface area contributed by atoms with Crippen LogP contribution < -0.4 is 5.32 Å². The van der Waals surface area contributed by atoms with E-state index in [0.717, 1.165) is 16.5 Å². The molecule has 0 fully saturated rings. The molecule has 0 aliphatic rings. The first-order valence-electron chi connectivity index (χ1n) is 9.21. The van der Waals surface area contributed by atoms with E-state index in [4.69, 9.17) is 4.74 Å². The molecule has 0 aliphatic heterocycles. The summed E-state index contributed by atoms with van der Waals surface area (Å²) in [6.07, 6.45) is 2.69. The molecule has 1 aromatic heterocycles. The summed E-state index contributed by atoms with van der Waals surface area (Å²) in [5.41, 5.74) is 2.07. The number of nitrogens with one attached hydrogen (secondary N) is 1. The van der Waals surface area contributed by atoms with Gasteiger partial charge in [-0.3, -0.25) is 4.79 Å². The second kappa shape index (κ2) is 9.03.